The average molecular weight is 234 g/mol. The third-order valence-corrected chi connectivity index (χ3v) is 2.33. The van der Waals surface area contributed by atoms with E-state index in [1.807, 2.05) is 0 Å². The Morgan fingerprint density at radius 3 is 2.88 bits per heavy atom. The molecule has 0 unspecified atom stereocenters. The number of hydrogen-bond acceptors (Lipinski definition) is 4. The predicted octanol–water partition coefficient (Wildman–Crippen LogP) is 1.25. The van der Waals surface area contributed by atoms with Crippen LogP contribution in [0.3, 0.4) is 0 Å². The molecule has 0 aliphatic heterocycles. The minimum Gasteiger partial charge on any atom is -0.382 e. The highest BCUT2D eigenvalue weighted by Crippen LogP contribution is 2.11. The van der Waals surface area contributed by atoms with Crippen LogP contribution in [0.2, 0.25) is 0 Å². The van der Waals surface area contributed by atoms with Crippen molar-refractivity contribution in [3.8, 4) is 0 Å². The summed E-state index contributed by atoms with van der Waals surface area (Å²) in [6.45, 7) is 1.65. The van der Waals surface area contributed by atoms with E-state index in [1.165, 1.54) is 23.7 Å². The number of halogens is 1. The van der Waals surface area contributed by atoms with Gasteiger partial charge in [-0.25, -0.2) is 9.07 Å². The number of nitrogens with zero attached hydrogens (tertiary/aromatic N) is 3. The zero-order valence-electron chi connectivity index (χ0n) is 9.22. The van der Waals surface area contributed by atoms with Gasteiger partial charge in [0.15, 0.2) is 17.3 Å². The van der Waals surface area contributed by atoms with Crippen LogP contribution in [0.15, 0.2) is 24.3 Å². The molecular weight excluding hydrogens is 223 g/mol. The largest absolute Gasteiger partial charge is 0.382 e. The molecule has 0 bridgehead atoms. The van der Waals surface area contributed by atoms with Gasteiger partial charge in [-0.05, 0) is 17.7 Å². The first-order valence-corrected chi connectivity index (χ1v) is 5.02. The molecule has 5 nitrogen and oxygen atoms in total. The lowest BCUT2D eigenvalue weighted by atomic mass is 10.2. The van der Waals surface area contributed by atoms with Gasteiger partial charge >= 0.3 is 0 Å². The highest BCUT2D eigenvalue weighted by Gasteiger charge is 2.13. The zero-order valence-corrected chi connectivity index (χ0v) is 9.22. The molecule has 0 saturated carbocycles. The molecule has 2 rings (SSSR count). The second-order valence-electron chi connectivity index (χ2n) is 3.67. The molecule has 0 saturated heterocycles. The summed E-state index contributed by atoms with van der Waals surface area (Å²) in [5.41, 5.74) is 6.56. The van der Waals surface area contributed by atoms with Crippen LogP contribution >= 0.6 is 0 Å². The summed E-state index contributed by atoms with van der Waals surface area (Å²) in [5, 5.41) is 7.44. The number of carbonyl (C=O) groups is 1. The number of Topliss-reactive ketones (excluding diaryl/α,β-unsaturated/α-hetero) is 1. The van der Waals surface area contributed by atoms with Crippen LogP contribution in [0.25, 0.3) is 0 Å². The summed E-state index contributed by atoms with van der Waals surface area (Å²) in [4.78, 5) is 11.1. The number of nitrogen functional groups attached to an aromatic ring is 1. The molecule has 0 spiro atoms. The first kappa shape index (κ1) is 11.3. The Morgan fingerprint density at radius 2 is 2.29 bits per heavy atom. The molecule has 1 aromatic heterocycles. The fourth-order valence-corrected chi connectivity index (χ4v) is 1.50. The van der Waals surface area contributed by atoms with E-state index >= 15 is 0 Å². The molecule has 0 atom stereocenters. The first-order valence-electron chi connectivity index (χ1n) is 5.02. The Hall–Kier alpha value is -2.24. The summed E-state index contributed by atoms with van der Waals surface area (Å²) >= 11 is 0. The molecule has 0 fully saturated rings. The first-order chi connectivity index (χ1) is 8.08. The molecule has 0 aliphatic rings. The predicted molar refractivity (Wildman–Crippen MR) is 59.9 cm³/mol. The van der Waals surface area contributed by atoms with Crippen molar-refractivity contribution in [1.29, 1.82) is 0 Å². The number of carbonyl (C=O) groups excluding carboxylic acids is 1. The maximum atomic E-state index is 13.0. The van der Waals surface area contributed by atoms with Crippen molar-refractivity contribution in [2.45, 2.75) is 13.5 Å². The van der Waals surface area contributed by atoms with E-state index in [-0.39, 0.29) is 29.7 Å². The van der Waals surface area contributed by atoms with Crippen LogP contribution in [-0.4, -0.2) is 20.8 Å². The maximum Gasteiger partial charge on any atom is 0.183 e. The summed E-state index contributed by atoms with van der Waals surface area (Å²) in [7, 11) is 0. The Bertz CT molecular complexity index is 564. The van der Waals surface area contributed by atoms with Crippen molar-refractivity contribution in [2.24, 2.45) is 0 Å². The molecule has 0 radical (unpaired) electrons. The average Bonchev–Trinajstić information content (AvgIpc) is 2.61. The molecule has 1 heterocycles. The Balaban J connectivity index is 2.28. The molecule has 1 aromatic carbocycles. The molecule has 2 N–H and O–H groups in total. The van der Waals surface area contributed by atoms with Gasteiger partial charge in [-0.15, -0.1) is 5.10 Å². The number of ketones is 1. The topological polar surface area (TPSA) is 73.8 Å². The number of nitrogens with two attached hydrogens (primary N) is 1. The van der Waals surface area contributed by atoms with Gasteiger partial charge in [0.1, 0.15) is 5.82 Å². The fraction of sp³-hybridized carbons (Fsp3) is 0.182. The molecule has 0 amide bonds. The normalized spacial score (nSPS) is 10.5. The summed E-state index contributed by atoms with van der Waals surface area (Å²) in [6.07, 6.45) is 0. The van der Waals surface area contributed by atoms with Gasteiger partial charge in [0.2, 0.25) is 0 Å². The second kappa shape index (κ2) is 4.32. The lowest BCUT2D eigenvalue weighted by Crippen LogP contribution is -2.07. The highest BCUT2D eigenvalue weighted by molar-refractivity contribution is 5.96. The number of hydrogen-bond donors (Lipinski definition) is 1. The molecule has 88 valence electrons. The van der Waals surface area contributed by atoms with E-state index in [9.17, 15) is 9.18 Å². The Labute approximate surface area is 97.0 Å². The fourth-order valence-electron chi connectivity index (χ4n) is 1.50. The van der Waals surface area contributed by atoms with Crippen LogP contribution in [0.4, 0.5) is 10.2 Å². The van der Waals surface area contributed by atoms with Gasteiger partial charge in [0, 0.05) is 6.92 Å². The van der Waals surface area contributed by atoms with Crippen molar-refractivity contribution in [3.63, 3.8) is 0 Å². The third-order valence-electron chi connectivity index (χ3n) is 2.33. The lowest BCUT2D eigenvalue weighted by Gasteiger charge is -2.03. The van der Waals surface area contributed by atoms with Gasteiger partial charge in [0.25, 0.3) is 0 Å². The minimum atomic E-state index is -0.326. The van der Waals surface area contributed by atoms with Gasteiger partial charge < -0.3 is 5.73 Å². The lowest BCUT2D eigenvalue weighted by molar-refractivity contribution is 0.101. The van der Waals surface area contributed by atoms with Crippen molar-refractivity contribution in [1.82, 2.24) is 15.0 Å². The van der Waals surface area contributed by atoms with Gasteiger partial charge in [-0.2, -0.15) is 0 Å². The van der Waals surface area contributed by atoms with Gasteiger partial charge in [-0.3, -0.25) is 4.79 Å². The minimum absolute atomic E-state index is 0.140. The third kappa shape index (κ3) is 2.30. The second-order valence-corrected chi connectivity index (χ2v) is 3.67. The van der Waals surface area contributed by atoms with Crippen LogP contribution in [0.1, 0.15) is 23.0 Å². The number of aromatic nitrogens is 3. The summed E-state index contributed by atoms with van der Waals surface area (Å²) in [5.74, 6) is -0.372. The molecule has 6 heteroatoms. The van der Waals surface area contributed by atoms with E-state index in [4.69, 9.17) is 5.73 Å². The van der Waals surface area contributed by atoms with Crippen LogP contribution in [0, 0.1) is 5.82 Å². The van der Waals surface area contributed by atoms with E-state index < -0.39 is 0 Å². The SMILES string of the molecule is CC(=O)c1nnn(Cc2cccc(F)c2)c1N. The molecular formula is C11H11FN4O. The summed E-state index contributed by atoms with van der Waals surface area (Å²) in [6, 6.07) is 6.09. The standard InChI is InChI=1S/C11H11FN4O/c1-7(17)10-11(13)16(15-14-10)6-8-3-2-4-9(12)5-8/h2-5H,6,13H2,1H3. The van der Waals surface area contributed by atoms with Crippen LogP contribution in [0.5, 0.6) is 0 Å². The van der Waals surface area contributed by atoms with Gasteiger partial charge in [0.05, 0.1) is 6.54 Å². The van der Waals surface area contributed by atoms with Crippen molar-refractivity contribution >= 4 is 11.6 Å². The molecule has 0 aliphatic carbocycles. The van der Waals surface area contributed by atoms with Crippen LogP contribution < -0.4 is 5.73 Å². The smallest absolute Gasteiger partial charge is 0.183 e. The van der Waals surface area contributed by atoms with E-state index in [0.717, 1.165) is 0 Å². The molecule has 2 aromatic rings. The van der Waals surface area contributed by atoms with Crippen molar-refractivity contribution < 1.29 is 9.18 Å². The summed E-state index contributed by atoms with van der Waals surface area (Å²) < 4.78 is 14.3. The quantitative estimate of drug-likeness (QED) is 0.811. The Kier molecular flexibility index (Phi) is 2.86. The van der Waals surface area contributed by atoms with E-state index in [0.29, 0.717) is 5.56 Å². The molecule has 17 heavy (non-hydrogen) atoms. The number of rotatable bonds is 3. The van der Waals surface area contributed by atoms with Crippen molar-refractivity contribution in [3.05, 3.63) is 41.3 Å². The highest BCUT2D eigenvalue weighted by atomic mass is 19.1. The van der Waals surface area contributed by atoms with E-state index in [1.54, 1.807) is 12.1 Å². The van der Waals surface area contributed by atoms with Gasteiger partial charge in [-0.1, -0.05) is 17.3 Å². The maximum absolute atomic E-state index is 13.0. The van der Waals surface area contributed by atoms with Crippen molar-refractivity contribution in [2.75, 3.05) is 5.73 Å². The zero-order chi connectivity index (χ0) is 12.4. The monoisotopic (exact) mass is 234 g/mol. The number of anilines is 1. The van der Waals surface area contributed by atoms with E-state index in [2.05, 4.69) is 10.3 Å². The number of benzene rings is 1. The van der Waals surface area contributed by atoms with Crippen LogP contribution in [-0.2, 0) is 6.54 Å². The Morgan fingerprint density at radius 1 is 1.53 bits per heavy atom.